The summed E-state index contributed by atoms with van der Waals surface area (Å²) in [6.45, 7) is 4.37. The molecule has 1 heterocycles. The van der Waals surface area contributed by atoms with Crippen molar-refractivity contribution in [3.05, 3.63) is 45.1 Å². The van der Waals surface area contributed by atoms with Gasteiger partial charge in [-0.3, -0.25) is 0 Å². The lowest BCUT2D eigenvalue weighted by molar-refractivity contribution is 0.689. The maximum Gasteiger partial charge on any atom is 0.141 e. The normalized spacial score (nSPS) is 10.8. The van der Waals surface area contributed by atoms with Gasteiger partial charge in [0.15, 0.2) is 0 Å². The lowest BCUT2D eigenvalue weighted by atomic mass is 10.1. The number of benzene rings is 1. The second kappa shape index (κ2) is 4.59. The van der Waals surface area contributed by atoms with Crippen LogP contribution in [0.3, 0.4) is 0 Å². The Hall–Kier alpha value is -1.19. The fourth-order valence-electron chi connectivity index (χ4n) is 1.61. The van der Waals surface area contributed by atoms with Crippen LogP contribution < -0.4 is 5.73 Å². The number of nitrogens with two attached hydrogens (primary N) is 1. The molecule has 0 bridgehead atoms. The number of rotatable bonds is 2. The summed E-state index contributed by atoms with van der Waals surface area (Å²) in [5, 5.41) is 5.54. The monoisotopic (exact) mass is 269 g/mol. The van der Waals surface area contributed by atoms with Crippen LogP contribution in [0.15, 0.2) is 18.2 Å². The number of nitrogens with zero attached hydrogens (tertiary/aromatic N) is 2. The first kappa shape index (κ1) is 12.3. The summed E-state index contributed by atoms with van der Waals surface area (Å²) in [7, 11) is 0. The third-order valence-corrected chi connectivity index (χ3v) is 3.53. The van der Waals surface area contributed by atoms with E-state index in [4.69, 9.17) is 28.9 Å². The van der Waals surface area contributed by atoms with Crippen LogP contribution in [0.4, 0.5) is 5.82 Å². The highest BCUT2D eigenvalue weighted by Gasteiger charge is 2.10. The Labute approximate surface area is 110 Å². The van der Waals surface area contributed by atoms with Crippen molar-refractivity contribution in [3.63, 3.8) is 0 Å². The van der Waals surface area contributed by atoms with E-state index in [0.29, 0.717) is 17.4 Å². The SMILES string of the molecule is Cc1ccc(Cn2nc(C)c(Cl)c2N)cc1Cl. The Morgan fingerprint density at radius 2 is 2.00 bits per heavy atom. The second-order valence-corrected chi connectivity index (χ2v) is 4.81. The number of aromatic nitrogens is 2. The van der Waals surface area contributed by atoms with E-state index in [9.17, 15) is 0 Å². The molecule has 0 radical (unpaired) electrons. The van der Waals surface area contributed by atoms with Crippen LogP contribution in [0.2, 0.25) is 10.0 Å². The number of halogens is 2. The van der Waals surface area contributed by atoms with Gasteiger partial charge in [0.1, 0.15) is 10.8 Å². The first-order valence-corrected chi connectivity index (χ1v) is 5.98. The first-order chi connectivity index (χ1) is 7.99. The van der Waals surface area contributed by atoms with Gasteiger partial charge in [-0.05, 0) is 31.0 Å². The Morgan fingerprint density at radius 1 is 1.29 bits per heavy atom. The molecule has 1 aromatic carbocycles. The third-order valence-electron chi connectivity index (χ3n) is 2.66. The minimum absolute atomic E-state index is 0.487. The molecule has 90 valence electrons. The molecular formula is C12H13Cl2N3. The molecule has 0 unspecified atom stereocenters. The molecular weight excluding hydrogens is 257 g/mol. The van der Waals surface area contributed by atoms with Gasteiger partial charge in [-0.1, -0.05) is 35.3 Å². The van der Waals surface area contributed by atoms with Gasteiger partial charge in [0.2, 0.25) is 0 Å². The zero-order valence-corrected chi connectivity index (χ0v) is 11.2. The van der Waals surface area contributed by atoms with E-state index in [-0.39, 0.29) is 0 Å². The van der Waals surface area contributed by atoms with E-state index in [2.05, 4.69) is 5.10 Å². The van der Waals surface area contributed by atoms with Gasteiger partial charge in [-0.15, -0.1) is 0 Å². The molecule has 0 fully saturated rings. The van der Waals surface area contributed by atoms with Gasteiger partial charge in [0, 0.05) is 5.02 Å². The molecule has 17 heavy (non-hydrogen) atoms. The van der Waals surface area contributed by atoms with Crippen LogP contribution in [-0.2, 0) is 6.54 Å². The lowest BCUT2D eigenvalue weighted by Crippen LogP contribution is -2.06. The summed E-state index contributed by atoms with van der Waals surface area (Å²) in [4.78, 5) is 0. The molecule has 0 atom stereocenters. The molecule has 2 rings (SSSR count). The topological polar surface area (TPSA) is 43.8 Å². The molecule has 5 heteroatoms. The Kier molecular flexibility index (Phi) is 3.31. The van der Waals surface area contributed by atoms with E-state index in [1.807, 2.05) is 32.0 Å². The highest BCUT2D eigenvalue weighted by molar-refractivity contribution is 6.33. The van der Waals surface area contributed by atoms with Crippen molar-refractivity contribution >= 4 is 29.0 Å². The minimum Gasteiger partial charge on any atom is -0.383 e. The quantitative estimate of drug-likeness (QED) is 0.908. The minimum atomic E-state index is 0.487. The number of hydrogen-bond acceptors (Lipinski definition) is 2. The van der Waals surface area contributed by atoms with Crippen LogP contribution in [0.25, 0.3) is 0 Å². The molecule has 0 spiro atoms. The van der Waals surface area contributed by atoms with Crippen molar-refractivity contribution in [2.45, 2.75) is 20.4 Å². The summed E-state index contributed by atoms with van der Waals surface area (Å²) in [6, 6.07) is 5.90. The fraction of sp³-hybridized carbons (Fsp3) is 0.250. The van der Waals surface area contributed by atoms with E-state index >= 15 is 0 Å². The Balaban J connectivity index is 2.31. The number of aryl methyl sites for hydroxylation is 2. The van der Waals surface area contributed by atoms with Gasteiger partial charge in [-0.25, -0.2) is 4.68 Å². The van der Waals surface area contributed by atoms with E-state index in [0.717, 1.165) is 21.8 Å². The largest absolute Gasteiger partial charge is 0.383 e. The Bertz CT molecular complexity index is 561. The summed E-state index contributed by atoms with van der Waals surface area (Å²) in [6.07, 6.45) is 0. The molecule has 0 saturated heterocycles. The maximum absolute atomic E-state index is 6.07. The molecule has 3 nitrogen and oxygen atoms in total. The van der Waals surface area contributed by atoms with Crippen molar-refractivity contribution in [1.82, 2.24) is 9.78 Å². The molecule has 2 N–H and O–H groups in total. The van der Waals surface area contributed by atoms with Crippen molar-refractivity contribution in [2.24, 2.45) is 0 Å². The molecule has 0 aliphatic rings. The van der Waals surface area contributed by atoms with Crippen LogP contribution in [0.5, 0.6) is 0 Å². The van der Waals surface area contributed by atoms with E-state index in [1.165, 1.54) is 0 Å². The fourth-order valence-corrected chi connectivity index (χ4v) is 1.94. The predicted octanol–water partition coefficient (Wildman–Crippen LogP) is 3.44. The summed E-state index contributed by atoms with van der Waals surface area (Å²) >= 11 is 12.1. The van der Waals surface area contributed by atoms with Crippen LogP contribution in [-0.4, -0.2) is 9.78 Å². The van der Waals surface area contributed by atoms with Crippen LogP contribution in [0.1, 0.15) is 16.8 Å². The van der Waals surface area contributed by atoms with Gasteiger partial charge >= 0.3 is 0 Å². The van der Waals surface area contributed by atoms with E-state index in [1.54, 1.807) is 4.68 Å². The third kappa shape index (κ3) is 2.40. The van der Waals surface area contributed by atoms with Crippen LogP contribution in [0, 0.1) is 13.8 Å². The van der Waals surface area contributed by atoms with Gasteiger partial charge in [0.25, 0.3) is 0 Å². The number of hydrogen-bond donors (Lipinski definition) is 1. The zero-order valence-electron chi connectivity index (χ0n) is 9.67. The molecule has 0 saturated carbocycles. The Morgan fingerprint density at radius 3 is 2.53 bits per heavy atom. The zero-order chi connectivity index (χ0) is 12.6. The standard InChI is InChI=1S/C12H13Cl2N3/c1-7-3-4-9(5-10(7)13)6-17-12(15)11(14)8(2)16-17/h3-5H,6,15H2,1-2H3. The summed E-state index contributed by atoms with van der Waals surface area (Å²) in [5.74, 6) is 0.487. The second-order valence-electron chi connectivity index (χ2n) is 4.03. The highest BCUT2D eigenvalue weighted by atomic mass is 35.5. The maximum atomic E-state index is 6.07. The molecule has 0 aliphatic heterocycles. The smallest absolute Gasteiger partial charge is 0.141 e. The lowest BCUT2D eigenvalue weighted by Gasteiger charge is -2.06. The van der Waals surface area contributed by atoms with Gasteiger partial charge in [-0.2, -0.15) is 5.10 Å². The van der Waals surface area contributed by atoms with E-state index < -0.39 is 0 Å². The average molecular weight is 270 g/mol. The predicted molar refractivity (Wildman–Crippen MR) is 71.7 cm³/mol. The molecule has 1 aromatic heterocycles. The van der Waals surface area contributed by atoms with Crippen LogP contribution >= 0.6 is 23.2 Å². The molecule has 0 aliphatic carbocycles. The van der Waals surface area contributed by atoms with Gasteiger partial charge < -0.3 is 5.73 Å². The average Bonchev–Trinajstić information content (AvgIpc) is 2.52. The molecule has 0 amide bonds. The number of nitrogen functional groups attached to an aromatic ring is 1. The van der Waals surface area contributed by atoms with Crippen molar-refractivity contribution < 1.29 is 0 Å². The van der Waals surface area contributed by atoms with Crippen molar-refractivity contribution in [2.75, 3.05) is 5.73 Å². The molecule has 2 aromatic rings. The van der Waals surface area contributed by atoms with Crippen molar-refractivity contribution in [1.29, 1.82) is 0 Å². The first-order valence-electron chi connectivity index (χ1n) is 5.22. The summed E-state index contributed by atoms with van der Waals surface area (Å²) in [5.41, 5.74) is 8.69. The van der Waals surface area contributed by atoms with Gasteiger partial charge in [0.05, 0.1) is 12.2 Å². The number of anilines is 1. The summed E-state index contributed by atoms with van der Waals surface area (Å²) < 4.78 is 1.68. The van der Waals surface area contributed by atoms with Crippen molar-refractivity contribution in [3.8, 4) is 0 Å². The highest BCUT2D eigenvalue weighted by Crippen LogP contribution is 2.24.